The first kappa shape index (κ1) is 21.6. The lowest BCUT2D eigenvalue weighted by Gasteiger charge is -2.36. The van der Waals surface area contributed by atoms with Crippen LogP contribution in [-0.4, -0.2) is 48.4 Å². The number of methoxy groups -OCH3 is 2. The van der Waals surface area contributed by atoms with Gasteiger partial charge in [-0.1, -0.05) is 19.3 Å². The highest BCUT2D eigenvalue weighted by atomic mass is 32.1. The summed E-state index contributed by atoms with van der Waals surface area (Å²) in [7, 11) is 3.32. The second kappa shape index (κ2) is 10.6. The van der Waals surface area contributed by atoms with E-state index in [-0.39, 0.29) is 5.56 Å². The predicted molar refractivity (Wildman–Crippen MR) is 121 cm³/mol. The van der Waals surface area contributed by atoms with Crippen molar-refractivity contribution < 1.29 is 9.47 Å². The average Bonchev–Trinajstić information content (AvgIpc) is 2.75. The zero-order valence-electron chi connectivity index (χ0n) is 17.3. The molecular weight excluding hydrogens is 386 g/mol. The highest BCUT2D eigenvalue weighted by molar-refractivity contribution is 7.80. The molecule has 1 aliphatic rings. The van der Waals surface area contributed by atoms with Crippen molar-refractivity contribution in [2.24, 2.45) is 0 Å². The molecule has 29 heavy (non-hydrogen) atoms. The van der Waals surface area contributed by atoms with Crippen molar-refractivity contribution in [3.63, 3.8) is 0 Å². The van der Waals surface area contributed by atoms with Crippen LogP contribution in [0.25, 0.3) is 10.9 Å². The number of benzene rings is 1. The highest BCUT2D eigenvalue weighted by Gasteiger charge is 2.24. The molecule has 7 heteroatoms. The Morgan fingerprint density at radius 1 is 1.24 bits per heavy atom. The quantitative estimate of drug-likeness (QED) is 0.506. The van der Waals surface area contributed by atoms with Crippen LogP contribution in [0.4, 0.5) is 0 Å². The summed E-state index contributed by atoms with van der Waals surface area (Å²) in [5.41, 5.74) is 1.44. The Labute approximate surface area is 177 Å². The maximum atomic E-state index is 12.8. The molecule has 1 aromatic carbocycles. The predicted octanol–water partition coefficient (Wildman–Crippen LogP) is 3.58. The van der Waals surface area contributed by atoms with E-state index in [4.69, 9.17) is 21.7 Å². The number of nitrogens with zero attached hydrogens (tertiary/aromatic N) is 1. The van der Waals surface area contributed by atoms with Crippen LogP contribution in [-0.2, 0) is 11.3 Å². The lowest BCUT2D eigenvalue weighted by Crippen LogP contribution is -2.47. The molecule has 1 fully saturated rings. The third-order valence-corrected chi connectivity index (χ3v) is 5.93. The van der Waals surface area contributed by atoms with Gasteiger partial charge in [-0.3, -0.25) is 4.79 Å². The maximum absolute atomic E-state index is 12.8. The molecule has 0 spiro atoms. The number of rotatable bonds is 8. The second-order valence-corrected chi connectivity index (χ2v) is 7.96. The molecule has 0 radical (unpaired) electrons. The minimum absolute atomic E-state index is 0.0752. The number of aromatic nitrogens is 1. The molecule has 1 aromatic heterocycles. The van der Waals surface area contributed by atoms with E-state index in [9.17, 15) is 4.79 Å². The standard InChI is InChI=1S/C22H31N3O3S/c1-27-12-6-11-23-22(29)25(18-7-4-3-5-8-18)15-17-13-16-9-10-19(28-2)14-20(16)24-21(17)26/h9-10,13-14,18H,3-8,11-12,15H2,1-2H3,(H,23,29)(H,24,26). The van der Waals surface area contributed by atoms with E-state index in [1.165, 1.54) is 19.3 Å². The van der Waals surface area contributed by atoms with Crippen molar-refractivity contribution in [3.8, 4) is 5.75 Å². The molecule has 0 unspecified atom stereocenters. The molecule has 158 valence electrons. The summed E-state index contributed by atoms with van der Waals surface area (Å²) >= 11 is 5.72. The normalized spacial score (nSPS) is 14.7. The van der Waals surface area contributed by atoms with Crippen molar-refractivity contribution in [3.05, 3.63) is 40.2 Å². The van der Waals surface area contributed by atoms with Gasteiger partial charge >= 0.3 is 0 Å². The molecule has 0 aliphatic heterocycles. The van der Waals surface area contributed by atoms with Crippen molar-refractivity contribution in [1.29, 1.82) is 0 Å². The largest absolute Gasteiger partial charge is 0.497 e. The molecule has 6 nitrogen and oxygen atoms in total. The van der Waals surface area contributed by atoms with Crippen LogP contribution in [0.5, 0.6) is 5.75 Å². The Balaban J connectivity index is 1.81. The van der Waals surface area contributed by atoms with E-state index in [1.807, 2.05) is 24.3 Å². The van der Waals surface area contributed by atoms with E-state index in [0.717, 1.165) is 53.1 Å². The van der Waals surface area contributed by atoms with E-state index in [2.05, 4.69) is 15.2 Å². The summed E-state index contributed by atoms with van der Waals surface area (Å²) in [4.78, 5) is 18.0. The number of thiocarbonyl (C=S) groups is 1. The fourth-order valence-electron chi connectivity index (χ4n) is 3.93. The van der Waals surface area contributed by atoms with Gasteiger partial charge in [-0.15, -0.1) is 0 Å². The lowest BCUT2D eigenvalue weighted by molar-refractivity contribution is 0.194. The lowest BCUT2D eigenvalue weighted by atomic mass is 9.94. The van der Waals surface area contributed by atoms with E-state index in [1.54, 1.807) is 14.2 Å². The van der Waals surface area contributed by atoms with Crippen molar-refractivity contribution in [1.82, 2.24) is 15.2 Å². The van der Waals surface area contributed by atoms with Crippen LogP contribution in [0.3, 0.4) is 0 Å². The Morgan fingerprint density at radius 2 is 2.03 bits per heavy atom. The Morgan fingerprint density at radius 3 is 2.76 bits per heavy atom. The van der Waals surface area contributed by atoms with Gasteiger partial charge in [0.15, 0.2) is 5.11 Å². The molecule has 3 rings (SSSR count). The van der Waals surface area contributed by atoms with Gasteiger partial charge < -0.3 is 24.7 Å². The molecule has 0 saturated heterocycles. The fourth-order valence-corrected chi connectivity index (χ4v) is 4.24. The van der Waals surface area contributed by atoms with Crippen LogP contribution < -0.4 is 15.6 Å². The second-order valence-electron chi connectivity index (χ2n) is 7.57. The van der Waals surface area contributed by atoms with Gasteiger partial charge in [-0.25, -0.2) is 0 Å². The molecule has 1 aliphatic carbocycles. The number of hydrogen-bond donors (Lipinski definition) is 2. The van der Waals surface area contributed by atoms with Gasteiger partial charge in [-0.05, 0) is 55.1 Å². The Kier molecular flexibility index (Phi) is 7.89. The number of aromatic amines is 1. The van der Waals surface area contributed by atoms with E-state index in [0.29, 0.717) is 19.2 Å². The Hall–Kier alpha value is -2.12. The monoisotopic (exact) mass is 417 g/mol. The first-order chi connectivity index (χ1) is 14.1. The van der Waals surface area contributed by atoms with Crippen LogP contribution >= 0.6 is 12.2 Å². The molecule has 0 bridgehead atoms. The van der Waals surface area contributed by atoms with Crippen molar-refractivity contribution >= 4 is 28.2 Å². The maximum Gasteiger partial charge on any atom is 0.253 e. The van der Waals surface area contributed by atoms with Gasteiger partial charge in [0.2, 0.25) is 0 Å². The number of nitrogens with one attached hydrogen (secondary N) is 2. The smallest absolute Gasteiger partial charge is 0.253 e. The molecule has 0 amide bonds. The number of pyridine rings is 1. The van der Waals surface area contributed by atoms with Crippen molar-refractivity contribution in [2.45, 2.75) is 51.1 Å². The summed E-state index contributed by atoms with van der Waals surface area (Å²) in [5, 5.41) is 5.07. The summed E-state index contributed by atoms with van der Waals surface area (Å²) in [6.45, 7) is 1.98. The summed E-state index contributed by atoms with van der Waals surface area (Å²) in [6, 6.07) is 8.07. The average molecular weight is 418 g/mol. The zero-order chi connectivity index (χ0) is 20.6. The molecule has 2 N–H and O–H groups in total. The zero-order valence-corrected chi connectivity index (χ0v) is 18.1. The first-order valence-electron chi connectivity index (χ1n) is 10.4. The summed E-state index contributed by atoms with van der Waals surface area (Å²) < 4.78 is 10.4. The van der Waals surface area contributed by atoms with Gasteiger partial charge in [-0.2, -0.15) is 0 Å². The third-order valence-electron chi connectivity index (χ3n) is 5.55. The first-order valence-corrected chi connectivity index (χ1v) is 10.8. The summed E-state index contributed by atoms with van der Waals surface area (Å²) in [6.07, 6.45) is 6.82. The minimum atomic E-state index is -0.0752. The molecule has 0 atom stereocenters. The molecule has 1 heterocycles. The number of fused-ring (bicyclic) bond motifs is 1. The minimum Gasteiger partial charge on any atom is -0.497 e. The molecular formula is C22H31N3O3S. The van der Waals surface area contributed by atoms with E-state index >= 15 is 0 Å². The number of hydrogen-bond acceptors (Lipinski definition) is 4. The van der Waals surface area contributed by atoms with E-state index < -0.39 is 0 Å². The van der Waals surface area contributed by atoms with Crippen LogP contribution in [0, 0.1) is 0 Å². The van der Waals surface area contributed by atoms with Gasteiger partial charge in [0, 0.05) is 37.9 Å². The Bertz CT molecular complexity index is 877. The third kappa shape index (κ3) is 5.70. The topological polar surface area (TPSA) is 66.6 Å². The highest BCUT2D eigenvalue weighted by Crippen LogP contribution is 2.25. The number of H-pyrrole nitrogens is 1. The molecule has 2 aromatic rings. The van der Waals surface area contributed by atoms with Gasteiger partial charge in [0.25, 0.3) is 5.56 Å². The van der Waals surface area contributed by atoms with Crippen LogP contribution in [0.2, 0.25) is 0 Å². The SMILES string of the molecule is COCCCNC(=S)N(Cc1cc2ccc(OC)cc2[nH]c1=O)C1CCCCC1. The van der Waals surface area contributed by atoms with Gasteiger partial charge in [0.05, 0.1) is 19.2 Å². The van der Waals surface area contributed by atoms with Gasteiger partial charge in [0.1, 0.15) is 5.75 Å². The van der Waals surface area contributed by atoms with Crippen molar-refractivity contribution in [2.75, 3.05) is 27.4 Å². The summed E-state index contributed by atoms with van der Waals surface area (Å²) in [5.74, 6) is 0.728. The molecule has 1 saturated carbocycles. The number of ether oxygens (including phenoxy) is 2. The van der Waals surface area contributed by atoms with Crippen LogP contribution in [0.1, 0.15) is 44.1 Å². The fraction of sp³-hybridized carbons (Fsp3) is 0.545. The van der Waals surface area contributed by atoms with Crippen LogP contribution in [0.15, 0.2) is 29.1 Å².